The lowest BCUT2D eigenvalue weighted by Crippen LogP contribution is -2.17. The van der Waals surface area contributed by atoms with Crippen LogP contribution in [0.5, 0.6) is 5.75 Å². The van der Waals surface area contributed by atoms with E-state index in [4.69, 9.17) is 9.97 Å². The Morgan fingerprint density at radius 3 is 1.78 bits per heavy atom. The molecule has 2 aromatic heterocycles. The molecule has 2 heterocycles. The van der Waals surface area contributed by atoms with Crippen LogP contribution in [0.25, 0.3) is 72.7 Å². The fourth-order valence-corrected chi connectivity index (χ4v) is 7.97. The van der Waals surface area contributed by atoms with Gasteiger partial charge in [0, 0.05) is 29.1 Å². The van der Waals surface area contributed by atoms with Gasteiger partial charge in [-0.2, -0.15) is 0 Å². The van der Waals surface area contributed by atoms with E-state index in [0.29, 0.717) is 11.4 Å². The van der Waals surface area contributed by atoms with Crippen LogP contribution >= 0.6 is 0 Å². The minimum atomic E-state index is -0.510. The minimum absolute atomic E-state index is 0.0691. The van der Waals surface area contributed by atoms with Crippen LogP contribution in [0.1, 0.15) is 84.6 Å². The number of para-hydroxylation sites is 1. The van der Waals surface area contributed by atoms with Crippen molar-refractivity contribution in [1.29, 1.82) is 0 Å². The number of aryl methyl sites for hydroxylation is 1. The molecule has 302 valence electrons. The molecule has 1 N–H and O–H groups in total. The number of nitrogens with zero attached hydrogens (tertiary/aromatic N) is 3. The van der Waals surface area contributed by atoms with Crippen molar-refractivity contribution in [2.24, 2.45) is 0 Å². The Hall–Kier alpha value is -6.33. The van der Waals surface area contributed by atoms with Gasteiger partial charge in [0.2, 0.25) is 0 Å². The Morgan fingerprint density at radius 2 is 1.15 bits per heavy atom. The number of hydrogen-bond acceptors (Lipinski definition) is 3. The van der Waals surface area contributed by atoms with Gasteiger partial charge in [0.05, 0.1) is 22.3 Å². The smallest absolute Gasteiger partial charge is 0.149 e. The zero-order valence-electron chi connectivity index (χ0n) is 36.4. The molecule has 5 heteroatoms. The summed E-state index contributed by atoms with van der Waals surface area (Å²) in [5.74, 6) is -0.149. The summed E-state index contributed by atoms with van der Waals surface area (Å²) in [4.78, 5) is 10.3. The van der Waals surface area contributed by atoms with Gasteiger partial charge in [0.25, 0.3) is 0 Å². The number of benzene rings is 6. The van der Waals surface area contributed by atoms with Gasteiger partial charge in [0.1, 0.15) is 17.4 Å². The average molecular weight is 792 g/mol. The van der Waals surface area contributed by atoms with Crippen LogP contribution in [-0.4, -0.2) is 19.6 Å². The third-order valence-corrected chi connectivity index (χ3v) is 11.5. The van der Waals surface area contributed by atoms with Crippen molar-refractivity contribution in [3.8, 4) is 67.5 Å². The molecule has 0 aliphatic heterocycles. The molecule has 0 unspecified atom stereocenters. The van der Waals surface area contributed by atoms with Gasteiger partial charge in [-0.3, -0.25) is 9.55 Å². The highest BCUT2D eigenvalue weighted by Crippen LogP contribution is 2.43. The lowest BCUT2D eigenvalue weighted by molar-refractivity contribution is 0.470. The van der Waals surface area contributed by atoms with Crippen molar-refractivity contribution in [3.63, 3.8) is 0 Å². The molecule has 0 bridgehead atoms. The van der Waals surface area contributed by atoms with E-state index in [0.717, 1.165) is 73.0 Å². The number of imidazole rings is 1. The molecule has 0 saturated heterocycles. The molecular formula is C55H54FN3O. The van der Waals surface area contributed by atoms with Crippen molar-refractivity contribution >= 4 is 11.0 Å². The summed E-state index contributed by atoms with van der Waals surface area (Å²) < 4.78 is 16.7. The standard InChI is InChI=1S/C55H54FN3O/c1-34-23-24-57-48(25-34)38-27-36(26-37(28-38)47-32-39(53(2,3)4)19-21-44(47)35-15-12-11-13-16-35)45-17-14-18-49-51(45)58-52(46-22-20-42(56)33-50(46)60)59(49)43-30-40(54(5,6)7)29-41(31-43)55(8,9)10/h11-33,60H,1-10H3. The summed E-state index contributed by atoms with van der Waals surface area (Å²) >= 11 is 0. The predicted molar refractivity (Wildman–Crippen MR) is 249 cm³/mol. The first-order chi connectivity index (χ1) is 28.3. The molecule has 0 radical (unpaired) electrons. The normalized spacial score (nSPS) is 12.3. The van der Waals surface area contributed by atoms with Gasteiger partial charge in [-0.05, 0) is 134 Å². The third-order valence-electron chi connectivity index (χ3n) is 11.5. The fraction of sp³-hybridized carbons (Fsp3) is 0.236. The van der Waals surface area contributed by atoms with Gasteiger partial charge in [-0.25, -0.2) is 9.37 Å². The first kappa shape index (κ1) is 40.4. The Morgan fingerprint density at radius 1 is 0.517 bits per heavy atom. The quantitative estimate of drug-likeness (QED) is 0.182. The van der Waals surface area contributed by atoms with Crippen molar-refractivity contribution < 1.29 is 9.50 Å². The minimum Gasteiger partial charge on any atom is -0.507 e. The number of phenols is 1. The zero-order chi connectivity index (χ0) is 42.7. The maximum Gasteiger partial charge on any atom is 0.149 e. The summed E-state index contributed by atoms with van der Waals surface area (Å²) in [5.41, 5.74) is 15.7. The number of rotatable bonds is 6. The molecule has 4 nitrogen and oxygen atoms in total. The van der Waals surface area contributed by atoms with E-state index in [1.54, 1.807) is 6.07 Å². The van der Waals surface area contributed by atoms with Crippen LogP contribution < -0.4 is 0 Å². The highest BCUT2D eigenvalue weighted by atomic mass is 19.1. The topological polar surface area (TPSA) is 50.9 Å². The number of phenolic OH excluding ortho intramolecular Hbond substituents is 1. The molecule has 8 rings (SSSR count). The highest BCUT2D eigenvalue weighted by Gasteiger charge is 2.26. The molecular weight excluding hydrogens is 738 g/mol. The van der Waals surface area contributed by atoms with E-state index in [9.17, 15) is 9.50 Å². The highest BCUT2D eigenvalue weighted by molar-refractivity contribution is 5.98. The molecule has 0 atom stereocenters. The summed E-state index contributed by atoms with van der Waals surface area (Å²) in [6.45, 7) is 22.2. The van der Waals surface area contributed by atoms with Crippen molar-refractivity contribution in [1.82, 2.24) is 14.5 Å². The van der Waals surface area contributed by atoms with Crippen molar-refractivity contribution in [3.05, 3.63) is 168 Å². The molecule has 0 spiro atoms. The Balaban J connectivity index is 1.46. The van der Waals surface area contributed by atoms with Gasteiger partial charge >= 0.3 is 0 Å². The maximum absolute atomic E-state index is 14.6. The first-order valence-electron chi connectivity index (χ1n) is 20.8. The summed E-state index contributed by atoms with van der Waals surface area (Å²) in [7, 11) is 0. The van der Waals surface area contributed by atoms with Gasteiger partial charge in [0.15, 0.2) is 0 Å². The lowest BCUT2D eigenvalue weighted by atomic mass is 9.80. The van der Waals surface area contributed by atoms with E-state index >= 15 is 0 Å². The Labute approximate surface area is 354 Å². The third kappa shape index (κ3) is 7.89. The lowest BCUT2D eigenvalue weighted by Gasteiger charge is -2.27. The van der Waals surface area contributed by atoms with Crippen LogP contribution in [0.15, 0.2) is 140 Å². The summed E-state index contributed by atoms with van der Waals surface area (Å²) in [5, 5.41) is 11.3. The molecule has 6 aromatic carbocycles. The maximum atomic E-state index is 14.6. The van der Waals surface area contributed by atoms with Crippen LogP contribution in [0.2, 0.25) is 0 Å². The van der Waals surface area contributed by atoms with Crippen LogP contribution in [-0.2, 0) is 16.2 Å². The molecule has 60 heavy (non-hydrogen) atoms. The number of aromatic hydroxyl groups is 1. The summed E-state index contributed by atoms with van der Waals surface area (Å²) in [6, 6.07) is 45.5. The molecule has 0 saturated carbocycles. The Kier molecular flexibility index (Phi) is 10.1. The molecule has 0 fully saturated rings. The van der Waals surface area contributed by atoms with E-state index in [-0.39, 0.29) is 22.0 Å². The SMILES string of the molecule is Cc1ccnc(-c2cc(-c3cc(C(C)(C)C)ccc3-c3ccccc3)cc(-c3cccc4c3nc(-c3ccc(F)cc3O)n4-c3cc(C(C)(C)C)cc(C(C)(C)C)c3)c2)c1. The largest absolute Gasteiger partial charge is 0.507 e. The van der Waals surface area contributed by atoms with Crippen LogP contribution in [0.4, 0.5) is 4.39 Å². The number of halogens is 1. The number of hydrogen-bond donors (Lipinski definition) is 1. The van der Waals surface area contributed by atoms with Gasteiger partial charge in [-0.1, -0.05) is 129 Å². The first-order valence-corrected chi connectivity index (χ1v) is 20.8. The second-order valence-electron chi connectivity index (χ2n) is 19.3. The van der Waals surface area contributed by atoms with Crippen LogP contribution in [0.3, 0.4) is 0 Å². The zero-order valence-corrected chi connectivity index (χ0v) is 36.4. The second kappa shape index (κ2) is 15.0. The fourth-order valence-electron chi connectivity index (χ4n) is 7.97. The van der Waals surface area contributed by atoms with E-state index in [2.05, 4.69) is 183 Å². The van der Waals surface area contributed by atoms with E-state index in [1.165, 1.54) is 22.8 Å². The number of pyridine rings is 1. The number of fused-ring (bicyclic) bond motifs is 1. The summed E-state index contributed by atoms with van der Waals surface area (Å²) in [6.07, 6.45) is 1.87. The molecule has 0 aliphatic rings. The molecule has 0 aliphatic carbocycles. The Bertz CT molecular complexity index is 2870. The van der Waals surface area contributed by atoms with Gasteiger partial charge in [-0.15, -0.1) is 0 Å². The number of aromatic nitrogens is 3. The van der Waals surface area contributed by atoms with E-state index < -0.39 is 5.82 Å². The van der Waals surface area contributed by atoms with Crippen molar-refractivity contribution in [2.75, 3.05) is 0 Å². The second-order valence-corrected chi connectivity index (χ2v) is 19.3. The van der Waals surface area contributed by atoms with E-state index in [1.807, 2.05) is 12.3 Å². The average Bonchev–Trinajstić information content (AvgIpc) is 3.59. The monoisotopic (exact) mass is 791 g/mol. The van der Waals surface area contributed by atoms with Crippen molar-refractivity contribution in [2.45, 2.75) is 85.5 Å². The predicted octanol–water partition coefficient (Wildman–Crippen LogP) is 14.8. The van der Waals surface area contributed by atoms with Gasteiger partial charge < -0.3 is 5.11 Å². The van der Waals surface area contributed by atoms with Crippen LogP contribution in [0, 0.1) is 12.7 Å². The molecule has 0 amide bonds. The molecule has 8 aromatic rings.